The molecule has 1 aliphatic rings. The summed E-state index contributed by atoms with van der Waals surface area (Å²) in [5.41, 5.74) is 0.801. The van der Waals surface area contributed by atoms with Crippen molar-refractivity contribution in [1.29, 1.82) is 0 Å². The minimum atomic E-state index is -0.299. The van der Waals surface area contributed by atoms with E-state index in [0.29, 0.717) is 32.1 Å². The van der Waals surface area contributed by atoms with E-state index in [0.717, 1.165) is 5.69 Å². The summed E-state index contributed by atoms with van der Waals surface area (Å²) >= 11 is 0. The number of amides is 1. The number of guanidine groups is 1. The molecule has 2 rings (SSSR count). The summed E-state index contributed by atoms with van der Waals surface area (Å²) in [7, 11) is 3.18. The van der Waals surface area contributed by atoms with Gasteiger partial charge in [-0.2, -0.15) is 5.10 Å². The molecule has 0 bridgehead atoms. The van der Waals surface area contributed by atoms with Crippen molar-refractivity contribution >= 4 is 47.5 Å². The molecule has 1 aromatic heterocycles. The van der Waals surface area contributed by atoms with E-state index in [-0.39, 0.29) is 48.8 Å². The maximum absolute atomic E-state index is 12.4. The van der Waals surface area contributed by atoms with Crippen molar-refractivity contribution in [3.05, 3.63) is 12.4 Å². The third-order valence-electron chi connectivity index (χ3n) is 3.66. The number of aromatic nitrogens is 2. The normalized spacial score (nSPS) is 15.0. The van der Waals surface area contributed by atoms with Crippen LogP contribution in [0.2, 0.25) is 0 Å². The number of aryl methyl sites for hydroxylation is 1. The Bertz CT molecular complexity index is 618. The van der Waals surface area contributed by atoms with Crippen LogP contribution in [0, 0.1) is 0 Å². The molecule has 0 radical (unpaired) electrons. The number of methoxy groups -OCH3 is 1. The van der Waals surface area contributed by atoms with Crippen molar-refractivity contribution in [1.82, 2.24) is 20.0 Å². The van der Waals surface area contributed by atoms with Gasteiger partial charge in [0.05, 0.1) is 32.0 Å². The molecule has 0 atom stereocenters. The Morgan fingerprint density at radius 1 is 1.44 bits per heavy atom. The van der Waals surface area contributed by atoms with Crippen molar-refractivity contribution in [3.8, 4) is 0 Å². The van der Waals surface area contributed by atoms with Crippen molar-refractivity contribution < 1.29 is 14.3 Å². The average molecular weight is 464 g/mol. The van der Waals surface area contributed by atoms with Crippen molar-refractivity contribution in [2.75, 3.05) is 44.7 Å². The Hall–Kier alpha value is -1.85. The Balaban J connectivity index is 0.00000312. The second kappa shape index (κ2) is 10.2. The zero-order valence-corrected chi connectivity index (χ0v) is 17.1. The number of nitrogens with zero attached hydrogens (tertiary/aromatic N) is 5. The van der Waals surface area contributed by atoms with Gasteiger partial charge in [0.15, 0.2) is 5.96 Å². The van der Waals surface area contributed by atoms with E-state index in [1.807, 2.05) is 25.1 Å². The summed E-state index contributed by atoms with van der Waals surface area (Å²) in [6.45, 7) is 4.43. The molecule has 1 N–H and O–H groups in total. The lowest BCUT2D eigenvalue weighted by molar-refractivity contribution is -0.140. The van der Waals surface area contributed by atoms with Crippen LogP contribution in [0.5, 0.6) is 0 Å². The first-order valence-electron chi connectivity index (χ1n) is 7.94. The highest BCUT2D eigenvalue weighted by molar-refractivity contribution is 14.0. The first kappa shape index (κ1) is 21.2. The van der Waals surface area contributed by atoms with E-state index in [2.05, 4.69) is 20.1 Å². The summed E-state index contributed by atoms with van der Waals surface area (Å²) < 4.78 is 6.28. The average Bonchev–Trinajstić information content (AvgIpc) is 2.99. The molecule has 1 aliphatic heterocycles. The summed E-state index contributed by atoms with van der Waals surface area (Å²) in [6, 6.07) is 0. The van der Waals surface area contributed by atoms with Crippen molar-refractivity contribution in [3.63, 3.8) is 0 Å². The fourth-order valence-electron chi connectivity index (χ4n) is 2.46. The number of nitrogens with one attached hydrogen (secondary N) is 1. The first-order valence-corrected chi connectivity index (χ1v) is 7.94. The summed E-state index contributed by atoms with van der Waals surface area (Å²) in [6.07, 6.45) is 3.72. The van der Waals surface area contributed by atoms with Gasteiger partial charge in [0.2, 0.25) is 5.91 Å². The van der Waals surface area contributed by atoms with Crippen LogP contribution in [0.15, 0.2) is 17.4 Å². The minimum absolute atomic E-state index is 0. The van der Waals surface area contributed by atoms with Crippen LogP contribution in [0.3, 0.4) is 0 Å². The number of hydrogen-bond acceptors (Lipinski definition) is 5. The van der Waals surface area contributed by atoms with Gasteiger partial charge in [-0.05, 0) is 6.92 Å². The molecule has 1 aromatic rings. The lowest BCUT2D eigenvalue weighted by atomic mass is 10.3. The number of carbonyl (C=O) groups excluding carboxylic acids is 2. The number of carbonyl (C=O) groups is 2. The van der Waals surface area contributed by atoms with Gasteiger partial charge >= 0.3 is 5.97 Å². The van der Waals surface area contributed by atoms with Crippen LogP contribution in [-0.2, 0) is 21.4 Å². The van der Waals surface area contributed by atoms with Gasteiger partial charge in [0.1, 0.15) is 6.54 Å². The molecule has 140 valence electrons. The Morgan fingerprint density at radius 3 is 2.76 bits per heavy atom. The highest BCUT2D eigenvalue weighted by Crippen LogP contribution is 2.16. The van der Waals surface area contributed by atoms with Crippen LogP contribution in [0.1, 0.15) is 13.3 Å². The Morgan fingerprint density at radius 2 is 2.20 bits per heavy atom. The zero-order chi connectivity index (χ0) is 17.5. The largest absolute Gasteiger partial charge is 0.469 e. The molecule has 25 heavy (non-hydrogen) atoms. The van der Waals surface area contributed by atoms with Gasteiger partial charge in [-0.1, -0.05) is 0 Å². The van der Waals surface area contributed by atoms with Gasteiger partial charge < -0.3 is 19.9 Å². The van der Waals surface area contributed by atoms with Gasteiger partial charge in [0, 0.05) is 32.9 Å². The maximum atomic E-state index is 12.4. The number of aliphatic imine (C=N–C) groups is 1. The van der Waals surface area contributed by atoms with Crippen LogP contribution in [0.25, 0.3) is 0 Å². The number of halogens is 1. The fraction of sp³-hybridized carbons (Fsp3) is 0.600. The highest BCUT2D eigenvalue weighted by Gasteiger charge is 2.27. The zero-order valence-electron chi connectivity index (χ0n) is 14.8. The quantitative estimate of drug-likeness (QED) is 0.290. The Labute approximate surface area is 164 Å². The molecular weight excluding hydrogens is 439 g/mol. The van der Waals surface area contributed by atoms with Crippen molar-refractivity contribution in [2.24, 2.45) is 12.0 Å². The fourth-order valence-corrected chi connectivity index (χ4v) is 2.46. The maximum Gasteiger partial charge on any atom is 0.307 e. The topological polar surface area (TPSA) is 92.1 Å². The summed E-state index contributed by atoms with van der Waals surface area (Å²) in [5, 5.41) is 7.26. The van der Waals surface area contributed by atoms with Crippen molar-refractivity contribution in [2.45, 2.75) is 13.3 Å². The third-order valence-corrected chi connectivity index (χ3v) is 3.66. The number of rotatable bonds is 5. The second-order valence-corrected chi connectivity index (χ2v) is 5.40. The van der Waals surface area contributed by atoms with Crippen LogP contribution < -0.4 is 10.2 Å². The highest BCUT2D eigenvalue weighted by atomic mass is 127. The lowest BCUT2D eigenvalue weighted by Crippen LogP contribution is -2.55. The second-order valence-electron chi connectivity index (χ2n) is 5.40. The van der Waals surface area contributed by atoms with E-state index in [4.69, 9.17) is 0 Å². The Kier molecular flexibility index (Phi) is 8.66. The van der Waals surface area contributed by atoms with E-state index in [1.54, 1.807) is 15.8 Å². The molecule has 1 saturated heterocycles. The molecule has 0 unspecified atom stereocenters. The molecule has 0 spiro atoms. The third kappa shape index (κ3) is 5.87. The molecule has 0 aliphatic carbocycles. The summed E-state index contributed by atoms with van der Waals surface area (Å²) in [5.74, 6) is 0.334. The van der Waals surface area contributed by atoms with Gasteiger partial charge in [-0.25, -0.2) is 0 Å². The smallest absolute Gasteiger partial charge is 0.307 e. The van der Waals surface area contributed by atoms with Crippen LogP contribution in [-0.4, -0.2) is 72.4 Å². The monoisotopic (exact) mass is 464 g/mol. The number of ether oxygens (including phenoxy) is 1. The van der Waals surface area contributed by atoms with Gasteiger partial charge in [-0.3, -0.25) is 19.3 Å². The molecule has 2 heterocycles. The van der Waals surface area contributed by atoms with E-state index >= 15 is 0 Å². The SMILES string of the molecule is CCNC(=NCCC(=O)OC)N1CCN(c2cnn(C)c2)C(=O)C1.I. The molecule has 1 fully saturated rings. The van der Waals surface area contributed by atoms with Crippen LogP contribution >= 0.6 is 24.0 Å². The first-order chi connectivity index (χ1) is 11.5. The standard InChI is InChI=1S/C15H24N6O3.HI/c1-4-16-15(17-6-5-14(23)24-3)20-7-8-21(13(22)11-20)12-9-18-19(2)10-12;/h9-10H,4-8,11H2,1-3H3,(H,16,17);1H. The molecular formula is C15H25IN6O3. The van der Waals surface area contributed by atoms with Gasteiger partial charge in [-0.15, -0.1) is 24.0 Å². The number of hydrogen-bond donors (Lipinski definition) is 1. The molecule has 1 amide bonds. The molecule has 0 saturated carbocycles. The van der Waals surface area contributed by atoms with E-state index in [1.165, 1.54) is 7.11 Å². The number of esters is 1. The molecule has 10 heteroatoms. The van der Waals surface area contributed by atoms with Crippen LogP contribution in [0.4, 0.5) is 5.69 Å². The van der Waals surface area contributed by atoms with Gasteiger partial charge in [0.25, 0.3) is 0 Å². The predicted octanol–water partition coefficient (Wildman–Crippen LogP) is 0.215. The molecule has 0 aromatic carbocycles. The molecule has 9 nitrogen and oxygen atoms in total. The number of piperazine rings is 1. The predicted molar refractivity (Wildman–Crippen MR) is 105 cm³/mol. The minimum Gasteiger partial charge on any atom is -0.469 e. The van der Waals surface area contributed by atoms with E-state index < -0.39 is 0 Å². The number of anilines is 1. The van der Waals surface area contributed by atoms with E-state index in [9.17, 15) is 9.59 Å². The lowest BCUT2D eigenvalue weighted by Gasteiger charge is -2.35. The summed E-state index contributed by atoms with van der Waals surface area (Å²) in [4.78, 5) is 31.7.